The molecule has 4 rings (SSSR count). The number of methoxy groups -OCH3 is 1. The smallest absolute Gasteiger partial charge is 0.262 e. The van der Waals surface area contributed by atoms with Gasteiger partial charge in [-0.15, -0.1) is 0 Å². The number of benzene rings is 3. The fourth-order valence-corrected chi connectivity index (χ4v) is 4.91. The summed E-state index contributed by atoms with van der Waals surface area (Å²) in [7, 11) is -2.58. The number of aryl methyl sites for hydroxylation is 1. The van der Waals surface area contributed by atoms with E-state index >= 15 is 0 Å². The first-order valence-corrected chi connectivity index (χ1v) is 11.4. The first kappa shape index (κ1) is 21.9. The van der Waals surface area contributed by atoms with Gasteiger partial charge in [-0.2, -0.15) is 0 Å². The zero-order valence-corrected chi connectivity index (χ0v) is 18.8. The summed E-state index contributed by atoms with van der Waals surface area (Å²) in [5, 5.41) is 0.120. The quantitative estimate of drug-likeness (QED) is 0.406. The molecule has 0 aliphatic carbocycles. The molecular weight excluding hydrogens is 453 g/mol. The van der Waals surface area contributed by atoms with E-state index in [1.54, 1.807) is 41.2 Å². The normalized spacial score (nSPS) is 11.4. The predicted octanol–water partition coefficient (Wildman–Crippen LogP) is 5.45. The summed E-state index contributed by atoms with van der Waals surface area (Å²) in [5.41, 5.74) is 2.02. The molecular formula is C23H19ClFN3O3S. The van der Waals surface area contributed by atoms with E-state index in [1.165, 1.54) is 37.4 Å². The molecule has 0 bridgehead atoms. The van der Waals surface area contributed by atoms with Crippen LogP contribution in [0.1, 0.15) is 5.69 Å². The number of nitrogens with one attached hydrogen (secondary N) is 1. The van der Waals surface area contributed by atoms with E-state index in [0.29, 0.717) is 11.4 Å². The Kier molecular flexibility index (Phi) is 5.90. The Bertz CT molecular complexity index is 1380. The van der Waals surface area contributed by atoms with Gasteiger partial charge in [-0.05, 0) is 37.3 Å². The van der Waals surface area contributed by atoms with E-state index in [0.717, 1.165) is 5.69 Å². The van der Waals surface area contributed by atoms with Gasteiger partial charge in [0.05, 0.1) is 40.4 Å². The molecule has 4 aromatic rings. The van der Waals surface area contributed by atoms with Crippen LogP contribution >= 0.6 is 11.6 Å². The van der Waals surface area contributed by atoms with Gasteiger partial charge >= 0.3 is 0 Å². The van der Waals surface area contributed by atoms with Gasteiger partial charge in [0.2, 0.25) is 0 Å². The van der Waals surface area contributed by atoms with Crippen molar-refractivity contribution >= 4 is 27.3 Å². The minimum Gasteiger partial charge on any atom is -0.494 e. The molecule has 0 saturated carbocycles. The summed E-state index contributed by atoms with van der Waals surface area (Å²) >= 11 is 6.18. The number of ether oxygens (including phenoxy) is 1. The minimum atomic E-state index is -4.07. The lowest BCUT2D eigenvalue weighted by atomic mass is 10.1. The number of sulfonamides is 1. The second-order valence-electron chi connectivity index (χ2n) is 7.01. The number of rotatable bonds is 6. The molecule has 0 aliphatic heterocycles. The van der Waals surface area contributed by atoms with Crippen molar-refractivity contribution in [1.29, 1.82) is 0 Å². The lowest BCUT2D eigenvalue weighted by Crippen LogP contribution is -2.14. The van der Waals surface area contributed by atoms with Crippen LogP contribution in [-0.4, -0.2) is 25.1 Å². The number of anilines is 1. The van der Waals surface area contributed by atoms with Gasteiger partial charge in [0.1, 0.15) is 11.6 Å². The maximum absolute atomic E-state index is 14.5. The van der Waals surface area contributed by atoms with Crippen molar-refractivity contribution in [3.63, 3.8) is 0 Å². The largest absolute Gasteiger partial charge is 0.494 e. The molecule has 3 aromatic carbocycles. The molecule has 0 atom stereocenters. The third kappa shape index (κ3) is 4.19. The van der Waals surface area contributed by atoms with Crippen molar-refractivity contribution in [3.05, 3.63) is 89.7 Å². The van der Waals surface area contributed by atoms with E-state index in [-0.39, 0.29) is 26.7 Å². The lowest BCUT2D eigenvalue weighted by molar-refractivity contribution is 0.413. The lowest BCUT2D eigenvalue weighted by Gasteiger charge is -2.15. The fourth-order valence-electron chi connectivity index (χ4n) is 3.38. The Morgan fingerprint density at radius 1 is 1.09 bits per heavy atom. The van der Waals surface area contributed by atoms with Gasteiger partial charge in [0, 0.05) is 23.4 Å². The molecule has 0 radical (unpaired) electrons. The number of hydrogen-bond donors (Lipinski definition) is 1. The van der Waals surface area contributed by atoms with Crippen LogP contribution in [0.4, 0.5) is 10.1 Å². The average Bonchev–Trinajstić information content (AvgIpc) is 3.19. The summed E-state index contributed by atoms with van der Waals surface area (Å²) in [6.45, 7) is 1.87. The van der Waals surface area contributed by atoms with E-state index in [2.05, 4.69) is 9.71 Å². The molecule has 1 N–H and O–H groups in total. The third-order valence-corrected chi connectivity index (χ3v) is 6.58. The summed E-state index contributed by atoms with van der Waals surface area (Å²) in [6.07, 6.45) is 3.47. The molecule has 0 aliphatic rings. The summed E-state index contributed by atoms with van der Waals surface area (Å²) < 4.78 is 50.8. The van der Waals surface area contributed by atoms with Crippen LogP contribution in [0.15, 0.2) is 78.1 Å². The predicted molar refractivity (Wildman–Crippen MR) is 123 cm³/mol. The maximum Gasteiger partial charge on any atom is 0.262 e. The zero-order chi connectivity index (χ0) is 22.9. The number of hydrogen-bond acceptors (Lipinski definition) is 4. The van der Waals surface area contributed by atoms with Gasteiger partial charge in [-0.1, -0.05) is 35.9 Å². The summed E-state index contributed by atoms with van der Waals surface area (Å²) in [6, 6.07) is 15.2. The van der Waals surface area contributed by atoms with Gasteiger partial charge in [0.15, 0.2) is 0 Å². The molecule has 0 amide bonds. The standard InChI is InChI=1S/C23H19ClFN3O3S/c1-15-13-28(14-26-15)20-11-10-16(12-21(20)31-2)27-32(29,30)22-9-4-3-6-17(22)23-18(24)7-5-8-19(23)25/h3-14,27H,1-2H3. The Labute approximate surface area is 190 Å². The van der Waals surface area contributed by atoms with Crippen molar-refractivity contribution < 1.29 is 17.5 Å². The number of halogens is 2. The van der Waals surface area contributed by atoms with E-state index in [1.807, 2.05) is 13.1 Å². The third-order valence-electron chi connectivity index (χ3n) is 4.83. The van der Waals surface area contributed by atoms with Crippen LogP contribution in [0.2, 0.25) is 5.02 Å². The SMILES string of the molecule is COc1cc(NS(=O)(=O)c2ccccc2-c2c(F)cccc2Cl)ccc1-n1cnc(C)c1. The molecule has 0 fully saturated rings. The molecule has 1 heterocycles. The van der Waals surface area contributed by atoms with Crippen LogP contribution in [0, 0.1) is 12.7 Å². The highest BCUT2D eigenvalue weighted by Gasteiger charge is 2.23. The summed E-state index contributed by atoms with van der Waals surface area (Å²) in [5.74, 6) is -0.158. The number of aromatic nitrogens is 2. The van der Waals surface area contributed by atoms with Gasteiger partial charge in [-0.3, -0.25) is 4.72 Å². The second-order valence-corrected chi connectivity index (χ2v) is 9.07. The van der Waals surface area contributed by atoms with Crippen LogP contribution in [0.5, 0.6) is 5.75 Å². The first-order chi connectivity index (χ1) is 15.3. The van der Waals surface area contributed by atoms with Crippen molar-refractivity contribution in [2.75, 3.05) is 11.8 Å². The molecule has 32 heavy (non-hydrogen) atoms. The van der Waals surface area contributed by atoms with E-state index < -0.39 is 15.8 Å². The second kappa shape index (κ2) is 8.64. The van der Waals surface area contributed by atoms with Crippen molar-refractivity contribution in [3.8, 4) is 22.6 Å². The van der Waals surface area contributed by atoms with Crippen molar-refractivity contribution in [1.82, 2.24) is 9.55 Å². The Morgan fingerprint density at radius 2 is 1.88 bits per heavy atom. The van der Waals surface area contributed by atoms with Crippen molar-refractivity contribution in [2.24, 2.45) is 0 Å². The topological polar surface area (TPSA) is 73.2 Å². The zero-order valence-electron chi connectivity index (χ0n) is 17.2. The minimum absolute atomic E-state index is 0.0264. The van der Waals surface area contributed by atoms with Gasteiger partial charge < -0.3 is 9.30 Å². The van der Waals surface area contributed by atoms with E-state index in [4.69, 9.17) is 16.3 Å². The molecule has 6 nitrogen and oxygen atoms in total. The van der Waals surface area contributed by atoms with Crippen molar-refractivity contribution in [2.45, 2.75) is 11.8 Å². The fraction of sp³-hybridized carbons (Fsp3) is 0.0870. The van der Waals surface area contributed by atoms with Crippen LogP contribution in [-0.2, 0) is 10.0 Å². The van der Waals surface area contributed by atoms with Crippen LogP contribution < -0.4 is 9.46 Å². The Hall–Kier alpha value is -3.36. The Balaban J connectivity index is 1.74. The highest BCUT2D eigenvalue weighted by atomic mass is 35.5. The number of nitrogens with zero attached hydrogens (tertiary/aromatic N) is 2. The molecule has 0 unspecified atom stereocenters. The average molecular weight is 472 g/mol. The summed E-state index contributed by atoms with van der Waals surface area (Å²) in [4.78, 5) is 4.10. The maximum atomic E-state index is 14.5. The monoisotopic (exact) mass is 471 g/mol. The van der Waals surface area contributed by atoms with E-state index in [9.17, 15) is 12.8 Å². The molecule has 0 saturated heterocycles. The highest BCUT2D eigenvalue weighted by molar-refractivity contribution is 7.92. The highest BCUT2D eigenvalue weighted by Crippen LogP contribution is 2.36. The molecule has 164 valence electrons. The molecule has 9 heteroatoms. The van der Waals surface area contributed by atoms with Gasteiger partial charge in [0.25, 0.3) is 10.0 Å². The molecule has 1 aromatic heterocycles. The van der Waals surface area contributed by atoms with Crippen LogP contribution in [0.3, 0.4) is 0 Å². The number of imidazole rings is 1. The van der Waals surface area contributed by atoms with Gasteiger partial charge in [-0.25, -0.2) is 17.8 Å². The molecule has 0 spiro atoms. The van der Waals surface area contributed by atoms with Crippen LogP contribution in [0.25, 0.3) is 16.8 Å². The Morgan fingerprint density at radius 3 is 2.56 bits per heavy atom. The first-order valence-electron chi connectivity index (χ1n) is 9.55.